The topological polar surface area (TPSA) is 80.3 Å². The SMILES string of the molecule is CC1=C(C(=O)Nc2cccc(C)n2)[C@@H](c2cccc(Oc3ccccc3)c2)C2=C(CCCC2=O)N1. The lowest BCUT2D eigenvalue weighted by atomic mass is 9.75. The van der Waals surface area contributed by atoms with E-state index in [1.54, 1.807) is 6.07 Å². The Labute approximate surface area is 204 Å². The second kappa shape index (κ2) is 9.58. The van der Waals surface area contributed by atoms with Gasteiger partial charge in [-0.25, -0.2) is 4.98 Å². The largest absolute Gasteiger partial charge is 0.457 e. The maximum atomic E-state index is 13.6. The van der Waals surface area contributed by atoms with Crippen LogP contribution in [0.2, 0.25) is 0 Å². The van der Waals surface area contributed by atoms with Gasteiger partial charge in [-0.15, -0.1) is 0 Å². The number of aromatic nitrogens is 1. The molecule has 6 heteroatoms. The van der Waals surface area contributed by atoms with Gasteiger partial charge in [0.25, 0.3) is 5.91 Å². The monoisotopic (exact) mass is 465 g/mol. The van der Waals surface area contributed by atoms with E-state index in [1.807, 2.05) is 80.6 Å². The minimum absolute atomic E-state index is 0.0737. The van der Waals surface area contributed by atoms with Crippen LogP contribution in [0.1, 0.15) is 43.4 Å². The highest BCUT2D eigenvalue weighted by Gasteiger charge is 2.38. The van der Waals surface area contributed by atoms with Crippen molar-refractivity contribution in [1.82, 2.24) is 10.3 Å². The lowest BCUT2D eigenvalue weighted by Gasteiger charge is -2.34. The molecule has 0 saturated carbocycles. The minimum atomic E-state index is -0.497. The number of anilines is 1. The first kappa shape index (κ1) is 22.6. The summed E-state index contributed by atoms with van der Waals surface area (Å²) in [5.41, 5.74) is 4.47. The number of dihydropyridines is 1. The Morgan fingerprint density at radius 1 is 0.971 bits per heavy atom. The molecule has 0 fully saturated rings. The van der Waals surface area contributed by atoms with Crippen LogP contribution >= 0.6 is 0 Å². The highest BCUT2D eigenvalue weighted by Crippen LogP contribution is 2.43. The summed E-state index contributed by atoms with van der Waals surface area (Å²) in [6, 6.07) is 22.7. The van der Waals surface area contributed by atoms with Crippen molar-refractivity contribution in [2.24, 2.45) is 0 Å². The zero-order valence-electron chi connectivity index (χ0n) is 19.8. The standard InChI is InChI=1S/C29H27N3O3/c1-18-9-6-16-25(30-18)32-29(34)26-19(2)31-23-14-8-15-24(33)28(23)27(26)20-10-7-13-22(17-20)35-21-11-4-3-5-12-21/h3-7,9-13,16-17,27,31H,8,14-15H2,1-2H3,(H,30,32,34)/t27-/m1/s1. The van der Waals surface area contributed by atoms with Crippen molar-refractivity contribution >= 4 is 17.5 Å². The Morgan fingerprint density at radius 2 is 1.74 bits per heavy atom. The van der Waals surface area contributed by atoms with E-state index in [9.17, 15) is 9.59 Å². The van der Waals surface area contributed by atoms with Gasteiger partial charge in [0.2, 0.25) is 0 Å². The lowest BCUT2D eigenvalue weighted by Crippen LogP contribution is -2.35. The maximum Gasteiger partial charge on any atom is 0.255 e. The molecule has 2 N–H and O–H groups in total. The molecule has 2 heterocycles. The second-order valence-electron chi connectivity index (χ2n) is 8.87. The Balaban J connectivity index is 1.56. The summed E-state index contributed by atoms with van der Waals surface area (Å²) in [6.07, 6.45) is 2.06. The van der Waals surface area contributed by atoms with Crippen molar-refractivity contribution in [3.05, 3.63) is 107 Å². The molecule has 0 spiro atoms. The normalized spacial score (nSPS) is 17.5. The molecule has 1 atom stereocenters. The van der Waals surface area contributed by atoms with Crippen molar-refractivity contribution < 1.29 is 14.3 Å². The predicted octanol–water partition coefficient (Wildman–Crippen LogP) is 5.79. The molecule has 1 aliphatic heterocycles. The quantitative estimate of drug-likeness (QED) is 0.499. The molecule has 2 aliphatic rings. The molecule has 6 nitrogen and oxygen atoms in total. The number of benzene rings is 2. The lowest BCUT2D eigenvalue weighted by molar-refractivity contribution is -0.116. The van der Waals surface area contributed by atoms with E-state index in [-0.39, 0.29) is 11.7 Å². The van der Waals surface area contributed by atoms with Crippen LogP contribution in [0, 0.1) is 6.92 Å². The van der Waals surface area contributed by atoms with E-state index in [4.69, 9.17) is 4.74 Å². The average Bonchev–Trinajstić information content (AvgIpc) is 2.84. The number of carbonyl (C=O) groups is 2. The summed E-state index contributed by atoms with van der Waals surface area (Å²) < 4.78 is 6.06. The van der Waals surface area contributed by atoms with Crippen LogP contribution in [0.15, 0.2) is 95.3 Å². The molecule has 176 valence electrons. The van der Waals surface area contributed by atoms with Gasteiger partial charge in [0.1, 0.15) is 17.3 Å². The molecule has 0 bridgehead atoms. The fourth-order valence-corrected chi connectivity index (χ4v) is 4.80. The third-order valence-electron chi connectivity index (χ3n) is 6.32. The number of hydrogen-bond donors (Lipinski definition) is 2. The maximum absolute atomic E-state index is 13.6. The van der Waals surface area contributed by atoms with Gasteiger partial charge in [-0.05, 0) is 68.7 Å². The van der Waals surface area contributed by atoms with E-state index in [1.165, 1.54) is 0 Å². The minimum Gasteiger partial charge on any atom is -0.457 e. The van der Waals surface area contributed by atoms with Gasteiger partial charge in [-0.3, -0.25) is 9.59 Å². The van der Waals surface area contributed by atoms with E-state index in [0.717, 1.165) is 41.2 Å². The number of Topliss-reactive ketones (excluding diaryl/α,β-unsaturated/α-hetero) is 1. The first-order chi connectivity index (χ1) is 17.0. The zero-order chi connectivity index (χ0) is 24.4. The number of nitrogens with zero attached hydrogens (tertiary/aromatic N) is 1. The number of carbonyl (C=O) groups excluding carboxylic acids is 2. The third-order valence-corrected chi connectivity index (χ3v) is 6.32. The molecule has 0 unspecified atom stereocenters. The summed E-state index contributed by atoms with van der Waals surface area (Å²) in [6.45, 7) is 3.76. The van der Waals surface area contributed by atoms with Crippen LogP contribution < -0.4 is 15.4 Å². The number of rotatable bonds is 5. The third kappa shape index (κ3) is 4.73. The van der Waals surface area contributed by atoms with Gasteiger partial charge < -0.3 is 15.4 Å². The van der Waals surface area contributed by atoms with E-state index in [2.05, 4.69) is 15.6 Å². The van der Waals surface area contributed by atoms with Crippen molar-refractivity contribution in [2.45, 2.75) is 39.0 Å². The first-order valence-electron chi connectivity index (χ1n) is 11.8. The van der Waals surface area contributed by atoms with Gasteiger partial charge >= 0.3 is 0 Å². The predicted molar refractivity (Wildman–Crippen MR) is 135 cm³/mol. The number of pyridine rings is 1. The van der Waals surface area contributed by atoms with Crippen LogP contribution in [0.3, 0.4) is 0 Å². The number of para-hydroxylation sites is 1. The van der Waals surface area contributed by atoms with Crippen LogP contribution in [0.4, 0.5) is 5.82 Å². The molecular weight excluding hydrogens is 438 g/mol. The van der Waals surface area contributed by atoms with Crippen molar-refractivity contribution in [2.75, 3.05) is 5.32 Å². The highest BCUT2D eigenvalue weighted by atomic mass is 16.5. The summed E-state index contributed by atoms with van der Waals surface area (Å²) in [7, 11) is 0. The van der Waals surface area contributed by atoms with Crippen molar-refractivity contribution in [1.29, 1.82) is 0 Å². The molecule has 3 aromatic rings. The molecule has 2 aromatic carbocycles. The number of allylic oxidation sites excluding steroid dienone is 3. The number of ether oxygens (including phenoxy) is 1. The van der Waals surface area contributed by atoms with Crippen molar-refractivity contribution in [3.8, 4) is 11.5 Å². The van der Waals surface area contributed by atoms with Gasteiger partial charge in [0.15, 0.2) is 5.78 Å². The van der Waals surface area contributed by atoms with Crippen molar-refractivity contribution in [3.63, 3.8) is 0 Å². The van der Waals surface area contributed by atoms with Gasteiger partial charge in [-0.2, -0.15) is 0 Å². The molecule has 1 amide bonds. The van der Waals surface area contributed by atoms with E-state index < -0.39 is 5.92 Å². The fourth-order valence-electron chi connectivity index (χ4n) is 4.80. The van der Waals surface area contributed by atoms with Gasteiger partial charge in [0, 0.05) is 40.6 Å². The Hall–Kier alpha value is -4.19. The van der Waals surface area contributed by atoms with E-state index >= 15 is 0 Å². The van der Waals surface area contributed by atoms with Crippen LogP contribution in [0.25, 0.3) is 0 Å². The molecule has 1 aliphatic carbocycles. The molecule has 5 rings (SSSR count). The molecule has 0 radical (unpaired) electrons. The van der Waals surface area contributed by atoms with Gasteiger partial charge in [-0.1, -0.05) is 36.4 Å². The number of aryl methyl sites for hydroxylation is 1. The zero-order valence-corrected chi connectivity index (χ0v) is 19.8. The first-order valence-corrected chi connectivity index (χ1v) is 11.8. The summed E-state index contributed by atoms with van der Waals surface area (Å²) >= 11 is 0. The molecular formula is C29H27N3O3. The highest BCUT2D eigenvalue weighted by molar-refractivity contribution is 6.09. The average molecular weight is 466 g/mol. The smallest absolute Gasteiger partial charge is 0.255 e. The molecule has 1 aromatic heterocycles. The number of ketones is 1. The fraction of sp³-hybridized carbons (Fsp3) is 0.207. The van der Waals surface area contributed by atoms with Gasteiger partial charge in [0.05, 0.1) is 0 Å². The van der Waals surface area contributed by atoms with Crippen LogP contribution in [0.5, 0.6) is 11.5 Å². The Bertz CT molecular complexity index is 1360. The molecule has 35 heavy (non-hydrogen) atoms. The summed E-state index contributed by atoms with van der Waals surface area (Å²) in [4.78, 5) is 31.2. The number of amides is 1. The number of hydrogen-bond acceptors (Lipinski definition) is 5. The summed E-state index contributed by atoms with van der Waals surface area (Å²) in [5, 5.41) is 6.29. The van der Waals surface area contributed by atoms with E-state index in [0.29, 0.717) is 29.1 Å². The second-order valence-corrected chi connectivity index (χ2v) is 8.87. The number of nitrogens with one attached hydrogen (secondary N) is 2. The summed E-state index contributed by atoms with van der Waals surface area (Å²) in [5.74, 6) is 1.14. The van der Waals surface area contributed by atoms with Crippen LogP contribution in [-0.4, -0.2) is 16.7 Å². The van der Waals surface area contributed by atoms with Crippen LogP contribution in [-0.2, 0) is 9.59 Å². The Kier molecular flexibility index (Phi) is 6.19. The molecule has 0 saturated heterocycles. The Morgan fingerprint density at radius 3 is 2.54 bits per heavy atom.